The van der Waals surface area contributed by atoms with Crippen LogP contribution in [0.25, 0.3) is 0 Å². The second-order valence-corrected chi connectivity index (χ2v) is 3.33. The van der Waals surface area contributed by atoms with Gasteiger partial charge in [0, 0.05) is 19.1 Å². The van der Waals surface area contributed by atoms with Crippen molar-refractivity contribution in [2.24, 2.45) is 5.73 Å². The standard InChI is InChI=1S/C6H12N2O2.C2HF3O2/c1-10-6(9)4-8-2-5(7)3-8;3-2(4,5)1(6)7/h5H,2-4,7H2,1H3;(H,6,7). The van der Waals surface area contributed by atoms with Gasteiger partial charge in [0.05, 0.1) is 13.7 Å². The molecule has 6 nitrogen and oxygen atoms in total. The Bertz CT molecular complexity index is 276. The number of hydrogen-bond donors (Lipinski definition) is 2. The highest BCUT2D eigenvalue weighted by atomic mass is 19.4. The summed E-state index contributed by atoms with van der Waals surface area (Å²) in [6, 6.07) is 0.254. The lowest BCUT2D eigenvalue weighted by molar-refractivity contribution is -0.192. The smallest absolute Gasteiger partial charge is 0.475 e. The van der Waals surface area contributed by atoms with Crippen molar-refractivity contribution in [2.45, 2.75) is 12.2 Å². The van der Waals surface area contributed by atoms with E-state index >= 15 is 0 Å². The van der Waals surface area contributed by atoms with E-state index < -0.39 is 12.1 Å². The van der Waals surface area contributed by atoms with E-state index in [4.69, 9.17) is 15.6 Å². The maximum absolute atomic E-state index is 10.6. The van der Waals surface area contributed by atoms with Crippen LogP contribution in [0.15, 0.2) is 0 Å². The van der Waals surface area contributed by atoms with Crippen LogP contribution in [0.4, 0.5) is 13.2 Å². The number of nitrogens with two attached hydrogens (primary N) is 1. The van der Waals surface area contributed by atoms with Crippen LogP contribution in [0.3, 0.4) is 0 Å². The topological polar surface area (TPSA) is 92.9 Å². The van der Waals surface area contributed by atoms with Gasteiger partial charge in [0.25, 0.3) is 0 Å². The first-order valence-corrected chi connectivity index (χ1v) is 4.51. The van der Waals surface area contributed by atoms with Gasteiger partial charge in [0.2, 0.25) is 0 Å². The molecule has 100 valence electrons. The van der Waals surface area contributed by atoms with E-state index in [2.05, 4.69) is 4.74 Å². The third kappa shape index (κ3) is 6.74. The summed E-state index contributed by atoms with van der Waals surface area (Å²) in [6.45, 7) is 2.01. The molecule has 1 aliphatic rings. The molecule has 1 saturated heterocycles. The summed E-state index contributed by atoms with van der Waals surface area (Å²) < 4.78 is 36.2. The first-order chi connectivity index (χ1) is 7.66. The average Bonchev–Trinajstić information content (AvgIpc) is 2.14. The molecule has 0 radical (unpaired) electrons. The number of carbonyl (C=O) groups is 2. The quantitative estimate of drug-likeness (QED) is 0.645. The molecule has 17 heavy (non-hydrogen) atoms. The summed E-state index contributed by atoms with van der Waals surface area (Å²) in [5, 5.41) is 7.12. The molecule has 0 aromatic heterocycles. The van der Waals surface area contributed by atoms with Crippen LogP contribution >= 0.6 is 0 Å². The Kier molecular flexibility index (Phi) is 5.89. The van der Waals surface area contributed by atoms with Crippen molar-refractivity contribution in [3.8, 4) is 0 Å². The van der Waals surface area contributed by atoms with E-state index in [-0.39, 0.29) is 12.0 Å². The molecule has 0 spiro atoms. The van der Waals surface area contributed by atoms with Gasteiger partial charge in [0.15, 0.2) is 0 Å². The van der Waals surface area contributed by atoms with E-state index in [0.717, 1.165) is 13.1 Å². The van der Waals surface area contributed by atoms with Gasteiger partial charge >= 0.3 is 18.1 Å². The Morgan fingerprint density at radius 2 is 1.88 bits per heavy atom. The number of carboxylic acids is 1. The molecule has 0 saturated carbocycles. The zero-order chi connectivity index (χ0) is 13.6. The van der Waals surface area contributed by atoms with Crippen LogP contribution in [0.5, 0.6) is 0 Å². The summed E-state index contributed by atoms with van der Waals surface area (Å²) in [5.74, 6) is -2.94. The number of aliphatic carboxylic acids is 1. The number of hydrogen-bond acceptors (Lipinski definition) is 5. The lowest BCUT2D eigenvalue weighted by Gasteiger charge is -2.35. The number of carboxylic acid groups (broad SMARTS) is 1. The lowest BCUT2D eigenvalue weighted by atomic mass is 10.1. The second kappa shape index (κ2) is 6.40. The monoisotopic (exact) mass is 258 g/mol. The molecule has 1 aliphatic heterocycles. The molecule has 0 atom stereocenters. The number of rotatable bonds is 2. The van der Waals surface area contributed by atoms with Gasteiger partial charge in [-0.25, -0.2) is 4.79 Å². The summed E-state index contributed by atoms with van der Waals surface area (Å²) >= 11 is 0. The van der Waals surface area contributed by atoms with Crippen LogP contribution < -0.4 is 5.73 Å². The van der Waals surface area contributed by atoms with Crippen molar-refractivity contribution in [3.63, 3.8) is 0 Å². The van der Waals surface area contributed by atoms with Crippen LogP contribution in [0, 0.1) is 0 Å². The first kappa shape index (κ1) is 15.7. The Balaban J connectivity index is 0.000000325. The van der Waals surface area contributed by atoms with E-state index in [9.17, 15) is 18.0 Å². The van der Waals surface area contributed by atoms with Crippen molar-refractivity contribution in [2.75, 3.05) is 26.7 Å². The fraction of sp³-hybridized carbons (Fsp3) is 0.750. The minimum atomic E-state index is -5.08. The number of alkyl halides is 3. The van der Waals surface area contributed by atoms with Gasteiger partial charge in [-0.15, -0.1) is 0 Å². The molecule has 0 amide bonds. The number of esters is 1. The summed E-state index contributed by atoms with van der Waals surface area (Å²) in [4.78, 5) is 21.5. The molecular formula is C8H13F3N2O4. The molecule has 9 heteroatoms. The SMILES string of the molecule is COC(=O)CN1CC(N)C1.O=C(O)C(F)(F)F. The van der Waals surface area contributed by atoms with Gasteiger partial charge in [-0.3, -0.25) is 9.69 Å². The highest BCUT2D eigenvalue weighted by Gasteiger charge is 2.38. The van der Waals surface area contributed by atoms with Gasteiger partial charge < -0.3 is 15.6 Å². The van der Waals surface area contributed by atoms with Crippen LogP contribution in [0.1, 0.15) is 0 Å². The fourth-order valence-electron chi connectivity index (χ4n) is 0.986. The molecule has 0 bridgehead atoms. The summed E-state index contributed by atoms with van der Waals surface area (Å²) in [7, 11) is 1.39. The normalized spacial score (nSPS) is 16.5. The molecule has 0 unspecified atom stereocenters. The molecule has 3 N–H and O–H groups in total. The maximum Gasteiger partial charge on any atom is 0.490 e. The number of ether oxygens (including phenoxy) is 1. The number of halogens is 3. The van der Waals surface area contributed by atoms with Gasteiger partial charge in [0.1, 0.15) is 0 Å². The number of nitrogens with zero attached hydrogens (tertiary/aromatic N) is 1. The fourth-order valence-corrected chi connectivity index (χ4v) is 0.986. The largest absolute Gasteiger partial charge is 0.490 e. The van der Waals surface area contributed by atoms with Crippen molar-refractivity contribution in [3.05, 3.63) is 0 Å². The van der Waals surface area contributed by atoms with Gasteiger partial charge in [-0.1, -0.05) is 0 Å². The van der Waals surface area contributed by atoms with Crippen LogP contribution in [0.2, 0.25) is 0 Å². The minimum Gasteiger partial charge on any atom is -0.475 e. The third-order valence-corrected chi connectivity index (χ3v) is 1.81. The molecule has 0 aromatic rings. The molecule has 1 fully saturated rings. The number of methoxy groups -OCH3 is 1. The Hall–Kier alpha value is -1.35. The zero-order valence-corrected chi connectivity index (χ0v) is 9.03. The van der Waals surface area contributed by atoms with Crippen molar-refractivity contribution in [1.29, 1.82) is 0 Å². The van der Waals surface area contributed by atoms with E-state index in [0.29, 0.717) is 6.54 Å². The highest BCUT2D eigenvalue weighted by molar-refractivity contribution is 5.73. The lowest BCUT2D eigenvalue weighted by Crippen LogP contribution is -2.56. The highest BCUT2D eigenvalue weighted by Crippen LogP contribution is 2.13. The third-order valence-electron chi connectivity index (χ3n) is 1.81. The zero-order valence-electron chi connectivity index (χ0n) is 9.03. The van der Waals surface area contributed by atoms with Crippen molar-refractivity contribution >= 4 is 11.9 Å². The first-order valence-electron chi connectivity index (χ1n) is 4.51. The van der Waals surface area contributed by atoms with Gasteiger partial charge in [-0.05, 0) is 0 Å². The second-order valence-electron chi connectivity index (χ2n) is 3.33. The Morgan fingerprint density at radius 1 is 1.47 bits per heavy atom. The van der Waals surface area contributed by atoms with E-state index in [1.165, 1.54) is 7.11 Å². The predicted octanol–water partition coefficient (Wildman–Crippen LogP) is -0.564. The van der Waals surface area contributed by atoms with E-state index in [1.807, 2.05) is 4.90 Å². The van der Waals surface area contributed by atoms with E-state index in [1.54, 1.807) is 0 Å². The summed E-state index contributed by atoms with van der Waals surface area (Å²) in [6.07, 6.45) is -5.08. The van der Waals surface area contributed by atoms with Gasteiger partial charge in [-0.2, -0.15) is 13.2 Å². The van der Waals surface area contributed by atoms with Crippen molar-refractivity contribution in [1.82, 2.24) is 4.90 Å². The Labute approximate surface area is 95.1 Å². The minimum absolute atomic E-state index is 0.188. The maximum atomic E-state index is 10.6. The summed E-state index contributed by atoms with van der Waals surface area (Å²) in [5.41, 5.74) is 5.49. The number of likely N-dealkylation sites (tertiary alicyclic amines) is 1. The molecule has 0 aliphatic carbocycles. The average molecular weight is 258 g/mol. The van der Waals surface area contributed by atoms with Crippen LogP contribution in [-0.2, 0) is 14.3 Å². The number of carbonyl (C=O) groups excluding carboxylic acids is 1. The molecule has 1 heterocycles. The van der Waals surface area contributed by atoms with Crippen LogP contribution in [-0.4, -0.2) is 60.9 Å². The van der Waals surface area contributed by atoms with Crippen molar-refractivity contribution < 1.29 is 32.6 Å². The molecule has 0 aromatic carbocycles. The molecule has 1 rings (SSSR count). The Morgan fingerprint density at radius 3 is 2.12 bits per heavy atom. The predicted molar refractivity (Wildman–Crippen MR) is 50.1 cm³/mol. The molecular weight excluding hydrogens is 245 g/mol.